The fourth-order valence-corrected chi connectivity index (χ4v) is 5.67. The summed E-state index contributed by atoms with van der Waals surface area (Å²) in [7, 11) is 3.45. The summed E-state index contributed by atoms with van der Waals surface area (Å²) in [6.45, 7) is 7.85. The summed E-state index contributed by atoms with van der Waals surface area (Å²) in [5.74, 6) is -2.01. The molecule has 12 heteroatoms. The fourth-order valence-electron chi connectivity index (χ4n) is 5.22. The molecule has 0 aliphatic carbocycles. The van der Waals surface area contributed by atoms with E-state index in [1.807, 2.05) is 45.9 Å². The first-order valence-electron chi connectivity index (χ1n) is 14.2. The Bertz CT molecular complexity index is 1550. The number of nitrogens with zero attached hydrogens (tertiary/aromatic N) is 3. The number of benzene rings is 1. The van der Waals surface area contributed by atoms with E-state index in [1.54, 1.807) is 31.1 Å². The number of rotatable bonds is 12. The van der Waals surface area contributed by atoms with Gasteiger partial charge in [0.2, 0.25) is 5.91 Å². The van der Waals surface area contributed by atoms with Gasteiger partial charge in [-0.25, -0.2) is 4.98 Å². The van der Waals surface area contributed by atoms with Crippen LogP contribution >= 0.6 is 15.9 Å². The predicted octanol–water partition coefficient (Wildman–Crippen LogP) is 6.33. The maximum Gasteiger partial charge on any atom is 0.416 e. The number of amides is 1. The van der Waals surface area contributed by atoms with Crippen molar-refractivity contribution in [2.24, 2.45) is 5.92 Å². The van der Waals surface area contributed by atoms with E-state index in [9.17, 15) is 32.7 Å². The highest BCUT2D eigenvalue weighted by Gasteiger charge is 2.36. The van der Waals surface area contributed by atoms with Gasteiger partial charge in [-0.05, 0) is 103 Å². The molecule has 2 atom stereocenters. The fraction of sp³-hybridized carbons (Fsp3) is 0.438. The average molecular weight is 680 g/mol. The van der Waals surface area contributed by atoms with Crippen LogP contribution in [-0.2, 0) is 22.2 Å². The van der Waals surface area contributed by atoms with Crippen LogP contribution in [0.5, 0.6) is 0 Å². The number of aliphatic carboxylic acids is 1. The van der Waals surface area contributed by atoms with Crippen LogP contribution in [0.4, 0.5) is 13.2 Å². The summed E-state index contributed by atoms with van der Waals surface area (Å²) in [5.41, 5.74) is 1.86. The highest BCUT2D eigenvalue weighted by Crippen LogP contribution is 2.33. The lowest BCUT2D eigenvalue weighted by Crippen LogP contribution is -2.41. The minimum Gasteiger partial charge on any atom is -0.481 e. The minimum atomic E-state index is -4.75. The number of halogens is 4. The smallest absolute Gasteiger partial charge is 0.416 e. The van der Waals surface area contributed by atoms with Gasteiger partial charge in [0.15, 0.2) is 0 Å². The van der Waals surface area contributed by atoms with Crippen molar-refractivity contribution in [1.82, 2.24) is 19.8 Å². The van der Waals surface area contributed by atoms with Crippen LogP contribution in [0.25, 0.3) is 11.1 Å². The Balaban J connectivity index is 2.10. The lowest BCUT2D eigenvalue weighted by molar-refractivity contribution is -0.139. The van der Waals surface area contributed by atoms with E-state index < -0.39 is 47.7 Å². The first-order chi connectivity index (χ1) is 20.5. The maximum atomic E-state index is 13.9. The van der Waals surface area contributed by atoms with Crippen molar-refractivity contribution < 1.29 is 27.9 Å². The number of hydrogen-bond acceptors (Lipinski definition) is 5. The second-order valence-electron chi connectivity index (χ2n) is 11.7. The van der Waals surface area contributed by atoms with Crippen LogP contribution in [-0.4, -0.2) is 52.1 Å². The molecular formula is C32H38BrF3N4O4. The highest BCUT2D eigenvalue weighted by molar-refractivity contribution is 9.10. The Hall–Kier alpha value is -3.51. The van der Waals surface area contributed by atoms with Crippen molar-refractivity contribution in [1.29, 1.82) is 0 Å². The average Bonchev–Trinajstić information content (AvgIpc) is 2.89. The molecular weight excluding hydrogens is 641 g/mol. The summed E-state index contributed by atoms with van der Waals surface area (Å²) in [6.07, 6.45) is -4.01. The Kier molecular flexibility index (Phi) is 11.5. The molecule has 1 aromatic carbocycles. The van der Waals surface area contributed by atoms with Crippen LogP contribution in [0.3, 0.4) is 0 Å². The van der Waals surface area contributed by atoms with Crippen LogP contribution in [0, 0.1) is 19.8 Å². The Morgan fingerprint density at radius 1 is 1.11 bits per heavy atom. The molecule has 238 valence electrons. The molecule has 2 heterocycles. The topological polar surface area (TPSA) is 105 Å². The van der Waals surface area contributed by atoms with Gasteiger partial charge in [-0.1, -0.05) is 32.0 Å². The quantitative estimate of drug-likeness (QED) is 0.217. The zero-order chi connectivity index (χ0) is 32.9. The van der Waals surface area contributed by atoms with E-state index in [4.69, 9.17) is 0 Å². The van der Waals surface area contributed by atoms with Gasteiger partial charge in [0, 0.05) is 18.8 Å². The lowest BCUT2D eigenvalue weighted by atomic mass is 9.95. The number of aryl methyl sites for hydroxylation is 2. The largest absolute Gasteiger partial charge is 0.481 e. The molecule has 2 N–H and O–H groups in total. The normalized spacial score (nSPS) is 13.3. The van der Waals surface area contributed by atoms with E-state index in [-0.39, 0.29) is 30.0 Å². The van der Waals surface area contributed by atoms with Crippen LogP contribution in [0.15, 0.2) is 52.0 Å². The third-order valence-corrected chi connectivity index (χ3v) is 7.67. The molecule has 0 unspecified atom stereocenters. The van der Waals surface area contributed by atoms with Crippen LogP contribution in [0.2, 0.25) is 0 Å². The van der Waals surface area contributed by atoms with Gasteiger partial charge in [-0.15, -0.1) is 0 Å². The second-order valence-corrected chi connectivity index (χ2v) is 12.5. The summed E-state index contributed by atoms with van der Waals surface area (Å²) < 4.78 is 43.1. The first-order valence-corrected chi connectivity index (χ1v) is 15.0. The molecule has 2 aromatic heterocycles. The standard InChI is InChI=1S/C32H38BrF3N4O4/c1-18(2)12-26(40-17-21(10-11-39(5)6)23(15-28(40)41)32(34,35)36)31(44)38-25(16-29(42)43)24-13-22(14-27(33)37-24)30-19(3)8-7-9-20(30)4/h7-9,13-15,17-18,25-26H,10-12,16H2,1-6H3,(H,38,44)(H,42,43)/t25-,26-/m0/s1. The van der Waals surface area contributed by atoms with Crippen molar-refractivity contribution in [2.75, 3.05) is 20.6 Å². The van der Waals surface area contributed by atoms with Crippen LogP contribution < -0.4 is 10.9 Å². The van der Waals surface area contributed by atoms with E-state index in [2.05, 4.69) is 26.2 Å². The Morgan fingerprint density at radius 3 is 2.30 bits per heavy atom. The number of likely N-dealkylation sites (N-methyl/N-ethyl adjacent to an activating group) is 1. The number of aromatic nitrogens is 2. The summed E-state index contributed by atoms with van der Waals surface area (Å²) in [4.78, 5) is 45.1. The second kappa shape index (κ2) is 14.5. The molecule has 0 fully saturated rings. The number of alkyl halides is 3. The number of hydrogen-bond donors (Lipinski definition) is 2. The maximum absolute atomic E-state index is 13.9. The van der Waals surface area contributed by atoms with Gasteiger partial charge in [0.1, 0.15) is 10.6 Å². The molecule has 0 saturated heterocycles. The highest BCUT2D eigenvalue weighted by atomic mass is 79.9. The van der Waals surface area contributed by atoms with Gasteiger partial charge >= 0.3 is 12.1 Å². The third-order valence-electron chi connectivity index (χ3n) is 7.27. The predicted molar refractivity (Wildman–Crippen MR) is 166 cm³/mol. The van der Waals surface area contributed by atoms with Crippen LogP contribution in [0.1, 0.15) is 66.7 Å². The van der Waals surface area contributed by atoms with Gasteiger partial charge in [0.25, 0.3) is 5.56 Å². The Labute approximate surface area is 263 Å². The van der Waals surface area contributed by atoms with E-state index in [0.717, 1.165) is 33.0 Å². The number of carbonyl (C=O) groups is 2. The third kappa shape index (κ3) is 9.01. The summed E-state index contributed by atoms with van der Waals surface area (Å²) >= 11 is 3.41. The van der Waals surface area contributed by atoms with E-state index in [0.29, 0.717) is 17.2 Å². The number of nitrogens with one attached hydrogen (secondary N) is 1. The molecule has 0 spiro atoms. The van der Waals surface area contributed by atoms with Crippen molar-refractivity contribution >= 4 is 27.8 Å². The molecule has 8 nitrogen and oxygen atoms in total. The van der Waals surface area contributed by atoms with E-state index >= 15 is 0 Å². The number of carbonyl (C=O) groups excluding carboxylic acids is 1. The van der Waals surface area contributed by atoms with Crippen molar-refractivity contribution in [3.63, 3.8) is 0 Å². The minimum absolute atomic E-state index is 0.00282. The number of carboxylic acids is 1. The molecule has 44 heavy (non-hydrogen) atoms. The van der Waals surface area contributed by atoms with E-state index in [1.165, 1.54) is 0 Å². The lowest BCUT2D eigenvalue weighted by Gasteiger charge is -2.26. The monoisotopic (exact) mass is 678 g/mol. The van der Waals surface area contributed by atoms with Gasteiger partial charge in [0.05, 0.1) is 23.7 Å². The molecule has 0 aliphatic rings. The van der Waals surface area contributed by atoms with Gasteiger partial charge < -0.3 is 19.9 Å². The molecule has 0 bridgehead atoms. The zero-order valence-corrected chi connectivity index (χ0v) is 27.2. The molecule has 0 radical (unpaired) electrons. The number of pyridine rings is 2. The molecule has 3 aromatic rings. The Morgan fingerprint density at radius 2 is 1.75 bits per heavy atom. The first kappa shape index (κ1) is 35.0. The van der Waals surface area contributed by atoms with Crippen molar-refractivity contribution in [3.8, 4) is 11.1 Å². The van der Waals surface area contributed by atoms with Gasteiger partial charge in [-0.2, -0.15) is 13.2 Å². The zero-order valence-electron chi connectivity index (χ0n) is 25.6. The molecule has 1 amide bonds. The molecule has 0 aliphatic heterocycles. The summed E-state index contributed by atoms with van der Waals surface area (Å²) in [6, 6.07) is 7.62. The molecule has 3 rings (SSSR count). The SMILES string of the molecule is Cc1cccc(C)c1-c1cc(Br)nc([C@H](CC(=O)O)NC(=O)[C@H](CC(C)C)n2cc(CCN(C)C)c(C(F)(F)F)cc2=O)c1. The van der Waals surface area contributed by atoms with Crippen molar-refractivity contribution in [3.05, 3.63) is 85.5 Å². The molecule has 0 saturated carbocycles. The number of carboxylic acid groups (broad SMARTS) is 1. The van der Waals surface area contributed by atoms with Gasteiger partial charge in [-0.3, -0.25) is 14.4 Å². The van der Waals surface area contributed by atoms with Crippen molar-refractivity contribution in [2.45, 2.75) is 65.2 Å². The summed E-state index contributed by atoms with van der Waals surface area (Å²) in [5, 5.41) is 12.5.